The number of carbonyl (C=O) groups excluding carboxylic acids is 1. The molecule has 1 saturated heterocycles. The lowest BCUT2D eigenvalue weighted by Gasteiger charge is -2.35. The van der Waals surface area contributed by atoms with E-state index in [0.29, 0.717) is 19.5 Å². The number of hydrogen-bond acceptors (Lipinski definition) is 3. The van der Waals surface area contributed by atoms with Gasteiger partial charge in [-0.05, 0) is 12.0 Å². The Bertz CT molecular complexity index is 451. The van der Waals surface area contributed by atoms with Gasteiger partial charge in [0.25, 0.3) is 0 Å². The van der Waals surface area contributed by atoms with E-state index in [0.717, 1.165) is 10.5 Å². The van der Waals surface area contributed by atoms with Crippen molar-refractivity contribution in [2.45, 2.75) is 18.8 Å². The van der Waals surface area contributed by atoms with Crippen LogP contribution < -0.4 is 5.32 Å². The standard InChI is InChI=1S/C13H15F3N2O2/c14-13(15,16)20-12(19)18-7-6-17-9-11(18)8-10-4-2-1-3-5-10/h1-5,11,17H,6-9H2. The number of ether oxygens (including phenoxy) is 1. The van der Waals surface area contributed by atoms with E-state index in [4.69, 9.17) is 0 Å². The van der Waals surface area contributed by atoms with Crippen molar-refractivity contribution < 1.29 is 22.7 Å². The largest absolute Gasteiger partial charge is 0.576 e. The summed E-state index contributed by atoms with van der Waals surface area (Å²) in [6.45, 7) is 1.10. The van der Waals surface area contributed by atoms with E-state index in [2.05, 4.69) is 10.1 Å². The maximum absolute atomic E-state index is 12.1. The molecule has 7 heteroatoms. The van der Waals surface area contributed by atoms with Gasteiger partial charge in [-0.15, -0.1) is 13.2 Å². The second kappa shape index (κ2) is 6.13. The van der Waals surface area contributed by atoms with E-state index in [1.165, 1.54) is 0 Å². The van der Waals surface area contributed by atoms with Crippen molar-refractivity contribution in [3.63, 3.8) is 0 Å². The minimum atomic E-state index is -4.95. The number of carbonyl (C=O) groups is 1. The highest BCUT2D eigenvalue weighted by Crippen LogP contribution is 2.20. The summed E-state index contributed by atoms with van der Waals surface area (Å²) in [5.74, 6) is 0. The quantitative estimate of drug-likeness (QED) is 0.906. The molecule has 0 bridgehead atoms. The molecule has 20 heavy (non-hydrogen) atoms. The first kappa shape index (κ1) is 14.6. The normalized spacial score (nSPS) is 19.8. The SMILES string of the molecule is O=C(OC(F)(F)F)N1CCNCC1Cc1ccccc1. The topological polar surface area (TPSA) is 41.6 Å². The van der Waals surface area contributed by atoms with Gasteiger partial charge in [0.05, 0.1) is 6.04 Å². The van der Waals surface area contributed by atoms with Crippen molar-refractivity contribution in [1.29, 1.82) is 0 Å². The van der Waals surface area contributed by atoms with E-state index in [1.807, 2.05) is 30.3 Å². The Balaban J connectivity index is 2.03. The number of hydrogen-bond donors (Lipinski definition) is 1. The molecule has 1 aromatic carbocycles. The highest BCUT2D eigenvalue weighted by molar-refractivity contribution is 5.68. The lowest BCUT2D eigenvalue weighted by molar-refractivity contribution is -0.295. The molecular weight excluding hydrogens is 273 g/mol. The average Bonchev–Trinajstić information content (AvgIpc) is 2.38. The first-order valence-electron chi connectivity index (χ1n) is 6.27. The molecule has 1 atom stereocenters. The molecule has 1 amide bonds. The fourth-order valence-corrected chi connectivity index (χ4v) is 2.23. The maximum Gasteiger partial charge on any atom is 0.576 e. The van der Waals surface area contributed by atoms with Crippen LogP contribution in [0.4, 0.5) is 18.0 Å². The summed E-state index contributed by atoms with van der Waals surface area (Å²) >= 11 is 0. The third kappa shape index (κ3) is 4.12. The average molecular weight is 288 g/mol. The minimum absolute atomic E-state index is 0.201. The molecule has 1 aliphatic heterocycles. The molecule has 0 saturated carbocycles. The van der Waals surface area contributed by atoms with Gasteiger partial charge in [0.2, 0.25) is 0 Å². The van der Waals surface area contributed by atoms with Crippen LogP contribution in [0.2, 0.25) is 0 Å². The van der Waals surface area contributed by atoms with Crippen LogP contribution in [-0.2, 0) is 11.2 Å². The minimum Gasteiger partial charge on any atom is -0.356 e. The molecule has 0 aliphatic carbocycles. The van der Waals surface area contributed by atoms with Gasteiger partial charge in [-0.25, -0.2) is 4.79 Å². The van der Waals surface area contributed by atoms with Crippen molar-refractivity contribution in [3.05, 3.63) is 35.9 Å². The second-order valence-electron chi connectivity index (χ2n) is 4.55. The number of benzene rings is 1. The Morgan fingerprint density at radius 1 is 1.35 bits per heavy atom. The maximum atomic E-state index is 12.1. The Kier molecular flexibility index (Phi) is 4.49. The van der Waals surface area contributed by atoms with Crippen molar-refractivity contribution in [1.82, 2.24) is 10.2 Å². The van der Waals surface area contributed by atoms with Crippen molar-refractivity contribution in [2.24, 2.45) is 0 Å². The highest BCUT2D eigenvalue weighted by atomic mass is 19.4. The summed E-state index contributed by atoms with van der Waals surface area (Å²) in [6, 6.07) is 8.97. The molecule has 1 aromatic rings. The van der Waals surface area contributed by atoms with Gasteiger partial charge in [0.1, 0.15) is 0 Å². The molecule has 1 unspecified atom stereocenters. The summed E-state index contributed by atoms with van der Waals surface area (Å²) < 4.78 is 39.9. The Hall–Kier alpha value is -1.76. The Labute approximate surface area is 114 Å². The van der Waals surface area contributed by atoms with Crippen molar-refractivity contribution in [2.75, 3.05) is 19.6 Å². The van der Waals surface area contributed by atoms with E-state index in [1.54, 1.807) is 0 Å². The van der Waals surface area contributed by atoms with Crippen molar-refractivity contribution in [3.8, 4) is 0 Å². The van der Waals surface area contributed by atoms with Gasteiger partial charge in [-0.1, -0.05) is 30.3 Å². The first-order chi connectivity index (χ1) is 9.46. The third-order valence-corrected chi connectivity index (χ3v) is 3.10. The zero-order valence-electron chi connectivity index (χ0n) is 10.7. The lowest BCUT2D eigenvalue weighted by Crippen LogP contribution is -2.55. The van der Waals surface area contributed by atoms with Crippen LogP contribution >= 0.6 is 0 Å². The van der Waals surface area contributed by atoms with Gasteiger partial charge in [0.15, 0.2) is 0 Å². The number of piperazine rings is 1. The lowest BCUT2D eigenvalue weighted by atomic mass is 10.0. The summed E-state index contributed by atoms with van der Waals surface area (Å²) in [4.78, 5) is 12.7. The van der Waals surface area contributed by atoms with Crippen LogP contribution in [0.3, 0.4) is 0 Å². The van der Waals surface area contributed by atoms with Crippen LogP contribution in [0.25, 0.3) is 0 Å². The molecule has 0 spiro atoms. The number of halogens is 3. The van der Waals surface area contributed by atoms with Crippen LogP contribution in [0, 0.1) is 0 Å². The zero-order valence-corrected chi connectivity index (χ0v) is 10.7. The molecule has 0 radical (unpaired) electrons. The van der Waals surface area contributed by atoms with Crippen LogP contribution in [0.1, 0.15) is 5.56 Å². The molecular formula is C13H15F3N2O2. The molecule has 110 valence electrons. The van der Waals surface area contributed by atoms with E-state index in [-0.39, 0.29) is 12.6 Å². The van der Waals surface area contributed by atoms with E-state index >= 15 is 0 Å². The predicted octanol–water partition coefficient (Wildman–Crippen LogP) is 2.16. The second-order valence-corrected chi connectivity index (χ2v) is 4.55. The predicted molar refractivity (Wildman–Crippen MR) is 66.0 cm³/mol. The van der Waals surface area contributed by atoms with Gasteiger partial charge in [-0.2, -0.15) is 0 Å². The summed E-state index contributed by atoms with van der Waals surface area (Å²) in [5, 5.41) is 3.07. The fraction of sp³-hybridized carbons (Fsp3) is 0.462. The van der Waals surface area contributed by atoms with E-state index < -0.39 is 12.5 Å². The number of rotatable bonds is 2. The number of nitrogens with zero attached hydrogens (tertiary/aromatic N) is 1. The molecule has 1 N–H and O–H groups in total. The van der Waals surface area contributed by atoms with Gasteiger partial charge >= 0.3 is 12.5 Å². The summed E-state index contributed by atoms with van der Waals surface area (Å²) in [5.41, 5.74) is 0.964. The van der Waals surface area contributed by atoms with Crippen LogP contribution in [0.5, 0.6) is 0 Å². The molecule has 1 heterocycles. The van der Waals surface area contributed by atoms with Crippen LogP contribution in [0.15, 0.2) is 30.3 Å². The number of amides is 1. The van der Waals surface area contributed by atoms with Gasteiger partial charge in [0, 0.05) is 19.6 Å². The molecule has 1 aliphatic rings. The Morgan fingerprint density at radius 3 is 2.70 bits per heavy atom. The van der Waals surface area contributed by atoms with Crippen LogP contribution in [-0.4, -0.2) is 43.0 Å². The number of alkyl halides is 3. The smallest absolute Gasteiger partial charge is 0.356 e. The highest BCUT2D eigenvalue weighted by Gasteiger charge is 2.38. The Morgan fingerprint density at radius 2 is 2.05 bits per heavy atom. The first-order valence-corrected chi connectivity index (χ1v) is 6.27. The third-order valence-electron chi connectivity index (χ3n) is 3.10. The van der Waals surface area contributed by atoms with E-state index in [9.17, 15) is 18.0 Å². The summed E-state index contributed by atoms with van der Waals surface area (Å²) in [7, 11) is 0. The van der Waals surface area contributed by atoms with Gasteiger partial charge < -0.3 is 15.0 Å². The molecule has 0 aromatic heterocycles. The number of nitrogens with one attached hydrogen (secondary N) is 1. The monoisotopic (exact) mass is 288 g/mol. The molecule has 4 nitrogen and oxygen atoms in total. The van der Waals surface area contributed by atoms with Crippen molar-refractivity contribution >= 4 is 6.09 Å². The molecule has 1 fully saturated rings. The zero-order chi connectivity index (χ0) is 14.6. The molecule has 2 rings (SSSR count). The summed E-state index contributed by atoms with van der Waals surface area (Å²) in [6.07, 6.45) is -5.79. The van der Waals surface area contributed by atoms with Gasteiger partial charge in [-0.3, -0.25) is 0 Å². The fourth-order valence-electron chi connectivity index (χ4n) is 2.23.